The third-order valence-electron chi connectivity index (χ3n) is 4.51. The van der Waals surface area contributed by atoms with E-state index in [1.165, 1.54) is 6.92 Å². The van der Waals surface area contributed by atoms with E-state index in [-0.39, 0.29) is 11.6 Å². The highest BCUT2D eigenvalue weighted by atomic mass is 16.5. The van der Waals surface area contributed by atoms with Gasteiger partial charge in [-0.3, -0.25) is 9.59 Å². The molecule has 150 valence electrons. The van der Waals surface area contributed by atoms with E-state index in [0.717, 1.165) is 19.3 Å². The fraction of sp³-hybridized carbons (Fsp3) is 0.409. The second kappa shape index (κ2) is 9.88. The van der Waals surface area contributed by atoms with Crippen molar-refractivity contribution in [2.75, 3.05) is 13.2 Å². The Balaban J connectivity index is 1.92. The molecule has 2 aromatic rings. The van der Waals surface area contributed by atoms with Crippen molar-refractivity contribution in [3.8, 4) is 5.75 Å². The first kappa shape index (κ1) is 21.4. The van der Waals surface area contributed by atoms with E-state index in [2.05, 4.69) is 11.9 Å². The monoisotopic (exact) mass is 385 g/mol. The van der Waals surface area contributed by atoms with Crippen LogP contribution in [0.2, 0.25) is 0 Å². The maximum atomic E-state index is 12.4. The Kier molecular flexibility index (Phi) is 7.55. The molecule has 0 aliphatic heterocycles. The van der Waals surface area contributed by atoms with Gasteiger partial charge in [-0.25, -0.2) is 4.79 Å². The summed E-state index contributed by atoms with van der Waals surface area (Å²) in [5.74, 6) is -0.381. The summed E-state index contributed by atoms with van der Waals surface area (Å²) in [4.78, 5) is 39.1. The summed E-state index contributed by atoms with van der Waals surface area (Å²) >= 11 is 0. The van der Waals surface area contributed by atoms with Crippen LogP contribution in [0.5, 0.6) is 5.75 Å². The van der Waals surface area contributed by atoms with Crippen LogP contribution < -0.4 is 4.74 Å². The van der Waals surface area contributed by atoms with Crippen molar-refractivity contribution < 1.29 is 23.9 Å². The van der Waals surface area contributed by atoms with Crippen LogP contribution in [0.15, 0.2) is 24.3 Å². The number of aromatic nitrogens is 1. The number of H-pyrrole nitrogens is 1. The second-order valence-electron chi connectivity index (χ2n) is 6.76. The maximum Gasteiger partial charge on any atom is 0.338 e. The number of aromatic amines is 1. The average Bonchev–Trinajstić information content (AvgIpc) is 2.98. The lowest BCUT2D eigenvalue weighted by molar-refractivity contribution is 0.0473. The smallest absolute Gasteiger partial charge is 0.338 e. The molecule has 1 heterocycles. The van der Waals surface area contributed by atoms with Gasteiger partial charge in [-0.05, 0) is 57.0 Å². The number of esters is 1. The number of hydrogen-bond acceptors (Lipinski definition) is 5. The van der Waals surface area contributed by atoms with Gasteiger partial charge in [0, 0.05) is 11.3 Å². The predicted molar refractivity (Wildman–Crippen MR) is 106 cm³/mol. The number of aryl methyl sites for hydroxylation is 1. The molecule has 6 heteroatoms. The summed E-state index contributed by atoms with van der Waals surface area (Å²) in [5, 5.41) is 0. The van der Waals surface area contributed by atoms with Gasteiger partial charge in [0.2, 0.25) is 5.78 Å². The van der Waals surface area contributed by atoms with Gasteiger partial charge in [0.15, 0.2) is 12.4 Å². The number of nitrogens with one attached hydrogen (secondary N) is 1. The maximum absolute atomic E-state index is 12.4. The van der Waals surface area contributed by atoms with Crippen LogP contribution >= 0.6 is 0 Å². The number of rotatable bonds is 10. The van der Waals surface area contributed by atoms with Crippen molar-refractivity contribution in [3.63, 3.8) is 0 Å². The number of Topliss-reactive ketones (excluding diaryl/α,β-unsaturated/α-hetero) is 2. The fourth-order valence-corrected chi connectivity index (χ4v) is 3.07. The van der Waals surface area contributed by atoms with E-state index in [1.807, 2.05) is 0 Å². The molecular weight excluding hydrogens is 358 g/mol. The molecule has 0 saturated carbocycles. The van der Waals surface area contributed by atoms with E-state index in [4.69, 9.17) is 9.47 Å². The zero-order valence-electron chi connectivity index (χ0n) is 16.9. The first-order valence-electron chi connectivity index (χ1n) is 9.48. The van der Waals surface area contributed by atoms with Crippen molar-refractivity contribution in [3.05, 3.63) is 52.3 Å². The highest BCUT2D eigenvalue weighted by Crippen LogP contribution is 2.19. The molecule has 1 aromatic heterocycles. The van der Waals surface area contributed by atoms with Crippen LogP contribution in [0.3, 0.4) is 0 Å². The van der Waals surface area contributed by atoms with Crippen LogP contribution in [0, 0.1) is 13.8 Å². The van der Waals surface area contributed by atoms with Crippen molar-refractivity contribution in [1.29, 1.82) is 0 Å². The number of unbranched alkanes of at least 4 members (excludes halogenated alkanes) is 2. The molecule has 1 N–H and O–H groups in total. The summed E-state index contributed by atoms with van der Waals surface area (Å²) in [5.41, 5.74) is 2.36. The minimum atomic E-state index is -0.585. The van der Waals surface area contributed by atoms with E-state index in [1.54, 1.807) is 38.1 Å². The largest absolute Gasteiger partial charge is 0.494 e. The Morgan fingerprint density at radius 3 is 2.29 bits per heavy atom. The van der Waals surface area contributed by atoms with Gasteiger partial charge in [-0.1, -0.05) is 19.8 Å². The minimum Gasteiger partial charge on any atom is -0.494 e. The SMILES string of the molecule is CCCCCOc1ccc(C(=O)OCC(=O)c2[nH]c(C)c(C(C)=O)c2C)cc1. The number of hydrogen-bond donors (Lipinski definition) is 1. The number of ether oxygens (including phenoxy) is 2. The molecule has 0 spiro atoms. The highest BCUT2D eigenvalue weighted by Gasteiger charge is 2.21. The first-order chi connectivity index (χ1) is 13.3. The Morgan fingerprint density at radius 1 is 1.04 bits per heavy atom. The lowest BCUT2D eigenvalue weighted by atomic mass is 10.1. The summed E-state index contributed by atoms with van der Waals surface area (Å²) in [6.07, 6.45) is 3.24. The first-order valence-corrected chi connectivity index (χ1v) is 9.48. The molecule has 0 fully saturated rings. The molecule has 2 rings (SSSR count). The van der Waals surface area contributed by atoms with E-state index < -0.39 is 12.6 Å². The van der Waals surface area contributed by atoms with E-state index in [0.29, 0.717) is 40.4 Å². The topological polar surface area (TPSA) is 85.5 Å². The quantitative estimate of drug-likeness (QED) is 0.371. The van der Waals surface area contributed by atoms with E-state index >= 15 is 0 Å². The third kappa shape index (κ3) is 5.31. The van der Waals surface area contributed by atoms with Gasteiger partial charge >= 0.3 is 5.97 Å². The molecule has 0 saturated heterocycles. The predicted octanol–water partition coefficient (Wildman–Crippen LogP) is 4.44. The summed E-state index contributed by atoms with van der Waals surface area (Å²) < 4.78 is 10.7. The molecular formula is C22H27NO5. The summed E-state index contributed by atoms with van der Waals surface area (Å²) in [6.45, 7) is 7.27. The van der Waals surface area contributed by atoms with Gasteiger partial charge in [0.05, 0.1) is 17.9 Å². The molecule has 1 aromatic carbocycles. The number of benzene rings is 1. The molecule has 28 heavy (non-hydrogen) atoms. The van der Waals surface area contributed by atoms with Crippen molar-refractivity contribution in [1.82, 2.24) is 4.98 Å². The molecule has 0 atom stereocenters. The zero-order chi connectivity index (χ0) is 20.7. The standard InChI is InChI=1S/C22H27NO5/c1-5-6-7-12-27-18-10-8-17(9-11-18)22(26)28-13-19(25)21-14(2)20(16(4)24)15(3)23-21/h8-11,23H,5-7,12-13H2,1-4H3. The van der Waals surface area contributed by atoms with E-state index in [9.17, 15) is 14.4 Å². The average molecular weight is 385 g/mol. The van der Waals surface area contributed by atoms with Crippen LogP contribution in [-0.2, 0) is 4.74 Å². The Bertz CT molecular complexity index is 849. The van der Waals surface area contributed by atoms with Gasteiger partial charge in [-0.2, -0.15) is 0 Å². The van der Waals surface area contributed by atoms with Crippen LogP contribution in [0.1, 0.15) is 75.6 Å². The molecule has 0 radical (unpaired) electrons. The Labute approximate surface area is 165 Å². The Hall–Kier alpha value is -2.89. The van der Waals surface area contributed by atoms with Gasteiger partial charge in [-0.15, -0.1) is 0 Å². The second-order valence-corrected chi connectivity index (χ2v) is 6.76. The van der Waals surface area contributed by atoms with Gasteiger partial charge in [0.1, 0.15) is 5.75 Å². The van der Waals surface area contributed by atoms with Crippen LogP contribution in [0.4, 0.5) is 0 Å². The lowest BCUT2D eigenvalue weighted by Crippen LogP contribution is -2.15. The minimum absolute atomic E-state index is 0.112. The van der Waals surface area contributed by atoms with Crippen LogP contribution in [0.25, 0.3) is 0 Å². The molecule has 0 amide bonds. The number of carbonyl (C=O) groups excluding carboxylic acids is 3. The molecule has 0 aliphatic rings. The fourth-order valence-electron chi connectivity index (χ4n) is 3.07. The highest BCUT2D eigenvalue weighted by molar-refractivity contribution is 6.04. The molecule has 6 nitrogen and oxygen atoms in total. The summed E-state index contributed by atoms with van der Waals surface area (Å²) in [6, 6.07) is 6.64. The van der Waals surface area contributed by atoms with Crippen LogP contribution in [-0.4, -0.2) is 35.7 Å². The number of ketones is 2. The van der Waals surface area contributed by atoms with Crippen molar-refractivity contribution in [2.45, 2.75) is 47.0 Å². The zero-order valence-corrected chi connectivity index (χ0v) is 16.9. The van der Waals surface area contributed by atoms with Crippen molar-refractivity contribution >= 4 is 17.5 Å². The molecule has 0 unspecified atom stereocenters. The van der Waals surface area contributed by atoms with Gasteiger partial charge in [0.25, 0.3) is 0 Å². The Morgan fingerprint density at radius 2 is 1.71 bits per heavy atom. The molecule has 0 bridgehead atoms. The summed E-state index contributed by atoms with van der Waals surface area (Å²) in [7, 11) is 0. The number of carbonyl (C=O) groups is 3. The molecule has 0 aliphatic carbocycles. The lowest BCUT2D eigenvalue weighted by Gasteiger charge is -2.07. The van der Waals surface area contributed by atoms with Crippen molar-refractivity contribution in [2.24, 2.45) is 0 Å². The normalized spacial score (nSPS) is 10.6. The third-order valence-corrected chi connectivity index (χ3v) is 4.51. The van der Waals surface area contributed by atoms with Gasteiger partial charge < -0.3 is 14.5 Å².